The molecule has 0 radical (unpaired) electrons. The molecular formula is C13H12ClN7. The van der Waals surface area contributed by atoms with E-state index in [0.29, 0.717) is 11.9 Å². The molecule has 3 rings (SSSR count). The lowest BCUT2D eigenvalue weighted by atomic mass is 10.2. The lowest BCUT2D eigenvalue weighted by molar-refractivity contribution is 0.806. The van der Waals surface area contributed by atoms with Gasteiger partial charge in [0.05, 0.1) is 11.7 Å². The second-order valence-corrected chi connectivity index (χ2v) is 4.66. The molecule has 0 aliphatic rings. The number of hydrogen-bond donors (Lipinski definition) is 1. The number of halogens is 1. The lowest BCUT2D eigenvalue weighted by Crippen LogP contribution is -2.13. The molecule has 7 nitrogen and oxygen atoms in total. The molecule has 0 aliphatic carbocycles. The largest absolute Gasteiger partial charge is 0.346 e. The van der Waals surface area contributed by atoms with Crippen molar-refractivity contribution in [2.75, 3.05) is 5.32 Å². The van der Waals surface area contributed by atoms with Gasteiger partial charge < -0.3 is 5.32 Å². The summed E-state index contributed by atoms with van der Waals surface area (Å²) in [6.45, 7) is 1.97. The van der Waals surface area contributed by atoms with Gasteiger partial charge in [-0.1, -0.05) is 6.07 Å². The number of rotatable bonds is 4. The Bertz CT molecular complexity index is 715. The molecular weight excluding hydrogens is 290 g/mol. The molecule has 1 unspecified atom stereocenters. The highest BCUT2D eigenvalue weighted by molar-refractivity contribution is 6.28. The van der Waals surface area contributed by atoms with Crippen LogP contribution in [0.15, 0.2) is 43.1 Å². The third-order valence-electron chi connectivity index (χ3n) is 2.81. The zero-order valence-electron chi connectivity index (χ0n) is 11.2. The predicted octanol–water partition coefficient (Wildman–Crippen LogP) is 2.28. The van der Waals surface area contributed by atoms with Crippen molar-refractivity contribution in [2.24, 2.45) is 0 Å². The van der Waals surface area contributed by atoms with E-state index in [4.69, 9.17) is 11.6 Å². The highest BCUT2D eigenvalue weighted by Crippen LogP contribution is 2.16. The summed E-state index contributed by atoms with van der Waals surface area (Å²) < 4.78 is 1.66. The molecule has 1 atom stereocenters. The number of hydrogen-bond acceptors (Lipinski definition) is 6. The van der Waals surface area contributed by atoms with Gasteiger partial charge in [-0.2, -0.15) is 15.0 Å². The minimum Gasteiger partial charge on any atom is -0.346 e. The van der Waals surface area contributed by atoms with Gasteiger partial charge in [-0.3, -0.25) is 9.55 Å². The second-order valence-electron chi connectivity index (χ2n) is 4.32. The highest BCUT2D eigenvalue weighted by atomic mass is 35.5. The number of imidazole rings is 1. The minimum absolute atomic E-state index is 0.0553. The van der Waals surface area contributed by atoms with E-state index in [0.717, 1.165) is 5.69 Å². The third kappa shape index (κ3) is 3.14. The van der Waals surface area contributed by atoms with Crippen LogP contribution in [0.1, 0.15) is 18.7 Å². The van der Waals surface area contributed by atoms with E-state index in [-0.39, 0.29) is 11.3 Å². The van der Waals surface area contributed by atoms with Crippen LogP contribution < -0.4 is 5.32 Å². The summed E-state index contributed by atoms with van der Waals surface area (Å²) in [5.41, 5.74) is 0.887. The maximum Gasteiger partial charge on any atom is 0.241 e. The molecule has 0 fully saturated rings. The second kappa shape index (κ2) is 5.84. The number of nitrogens with one attached hydrogen (secondary N) is 1. The Balaban J connectivity index is 1.86. The van der Waals surface area contributed by atoms with Crippen LogP contribution in [-0.4, -0.2) is 29.5 Å². The van der Waals surface area contributed by atoms with Crippen molar-refractivity contribution in [1.82, 2.24) is 29.5 Å². The fourth-order valence-corrected chi connectivity index (χ4v) is 1.95. The van der Waals surface area contributed by atoms with Crippen molar-refractivity contribution < 1.29 is 0 Å². The number of anilines is 1. The summed E-state index contributed by atoms with van der Waals surface area (Å²) in [5.74, 6) is 0.792. The fraction of sp³-hybridized carbons (Fsp3) is 0.154. The van der Waals surface area contributed by atoms with Crippen LogP contribution in [-0.2, 0) is 0 Å². The normalized spacial score (nSPS) is 12.1. The van der Waals surface area contributed by atoms with E-state index in [2.05, 4.69) is 30.2 Å². The van der Waals surface area contributed by atoms with Crippen LogP contribution in [0.5, 0.6) is 0 Å². The zero-order chi connectivity index (χ0) is 14.7. The Labute approximate surface area is 126 Å². The molecule has 0 aliphatic heterocycles. The van der Waals surface area contributed by atoms with Crippen LogP contribution in [0.25, 0.3) is 5.95 Å². The summed E-state index contributed by atoms with van der Waals surface area (Å²) in [4.78, 5) is 20.7. The van der Waals surface area contributed by atoms with Crippen LogP contribution in [0.4, 0.5) is 5.95 Å². The first kappa shape index (κ1) is 13.4. The van der Waals surface area contributed by atoms with Gasteiger partial charge in [-0.25, -0.2) is 4.98 Å². The molecule has 0 saturated heterocycles. The molecule has 3 aromatic rings. The molecule has 0 amide bonds. The van der Waals surface area contributed by atoms with Crippen LogP contribution >= 0.6 is 11.6 Å². The maximum absolute atomic E-state index is 5.94. The van der Waals surface area contributed by atoms with Gasteiger partial charge in [0.25, 0.3) is 0 Å². The van der Waals surface area contributed by atoms with Crippen molar-refractivity contribution in [2.45, 2.75) is 13.0 Å². The average Bonchev–Trinajstić information content (AvgIpc) is 3.02. The Kier molecular flexibility index (Phi) is 3.74. The van der Waals surface area contributed by atoms with E-state index in [1.165, 1.54) is 0 Å². The molecule has 0 saturated carbocycles. The molecule has 8 heteroatoms. The molecule has 0 aromatic carbocycles. The van der Waals surface area contributed by atoms with Gasteiger partial charge in [-0.15, -0.1) is 0 Å². The van der Waals surface area contributed by atoms with Crippen molar-refractivity contribution in [3.63, 3.8) is 0 Å². The van der Waals surface area contributed by atoms with E-state index < -0.39 is 0 Å². The topological polar surface area (TPSA) is 81.4 Å². The van der Waals surface area contributed by atoms with Crippen molar-refractivity contribution in [1.29, 1.82) is 0 Å². The van der Waals surface area contributed by atoms with Crippen molar-refractivity contribution >= 4 is 17.5 Å². The molecule has 106 valence electrons. The first-order chi connectivity index (χ1) is 10.2. The fourth-order valence-electron chi connectivity index (χ4n) is 1.80. The summed E-state index contributed by atoms with van der Waals surface area (Å²) in [6, 6.07) is 5.67. The molecule has 0 spiro atoms. The predicted molar refractivity (Wildman–Crippen MR) is 78.2 cm³/mol. The van der Waals surface area contributed by atoms with E-state index in [1.54, 1.807) is 29.5 Å². The van der Waals surface area contributed by atoms with E-state index in [9.17, 15) is 0 Å². The van der Waals surface area contributed by atoms with E-state index in [1.807, 2.05) is 25.1 Å². The SMILES string of the molecule is CC(Nc1nc(Cl)nc(-n2ccnc2)n1)c1ccccn1. The van der Waals surface area contributed by atoms with Crippen LogP contribution in [0, 0.1) is 0 Å². The Hall–Kier alpha value is -2.54. The third-order valence-corrected chi connectivity index (χ3v) is 2.98. The van der Waals surface area contributed by atoms with Gasteiger partial charge >= 0.3 is 0 Å². The number of nitrogens with zero attached hydrogens (tertiary/aromatic N) is 6. The van der Waals surface area contributed by atoms with E-state index >= 15 is 0 Å². The quantitative estimate of drug-likeness (QED) is 0.796. The Morgan fingerprint density at radius 2 is 2.10 bits per heavy atom. The smallest absolute Gasteiger partial charge is 0.241 e. The summed E-state index contributed by atoms with van der Waals surface area (Å²) >= 11 is 5.94. The van der Waals surface area contributed by atoms with Gasteiger partial charge in [0.15, 0.2) is 0 Å². The van der Waals surface area contributed by atoms with Gasteiger partial charge in [-0.05, 0) is 30.7 Å². The first-order valence-corrected chi connectivity index (χ1v) is 6.67. The molecule has 3 aromatic heterocycles. The number of pyridine rings is 1. The summed E-state index contributed by atoms with van der Waals surface area (Å²) in [7, 11) is 0. The molecule has 0 bridgehead atoms. The lowest BCUT2D eigenvalue weighted by Gasteiger charge is -2.13. The monoisotopic (exact) mass is 301 g/mol. The first-order valence-electron chi connectivity index (χ1n) is 6.30. The summed E-state index contributed by atoms with van der Waals surface area (Å²) in [6.07, 6.45) is 6.71. The van der Waals surface area contributed by atoms with Gasteiger partial charge in [0.1, 0.15) is 6.33 Å². The van der Waals surface area contributed by atoms with Gasteiger partial charge in [0.2, 0.25) is 17.2 Å². The molecule has 21 heavy (non-hydrogen) atoms. The standard InChI is InChI=1S/C13H12ClN7/c1-9(10-4-2-3-5-16-10)17-12-18-11(14)19-13(20-12)21-7-6-15-8-21/h2-9H,1H3,(H,17,18,19,20). The molecule has 1 N–H and O–H groups in total. The average molecular weight is 302 g/mol. The van der Waals surface area contributed by atoms with Crippen LogP contribution in [0.3, 0.4) is 0 Å². The zero-order valence-corrected chi connectivity index (χ0v) is 11.9. The van der Waals surface area contributed by atoms with Crippen molar-refractivity contribution in [3.8, 4) is 5.95 Å². The number of aromatic nitrogens is 6. The maximum atomic E-state index is 5.94. The highest BCUT2D eigenvalue weighted by Gasteiger charge is 2.11. The van der Waals surface area contributed by atoms with Gasteiger partial charge in [0, 0.05) is 18.6 Å². The van der Waals surface area contributed by atoms with Crippen molar-refractivity contribution in [3.05, 3.63) is 54.1 Å². The van der Waals surface area contributed by atoms with Crippen LogP contribution in [0.2, 0.25) is 5.28 Å². The minimum atomic E-state index is -0.0553. The summed E-state index contributed by atoms with van der Waals surface area (Å²) in [5, 5.41) is 3.27. The Morgan fingerprint density at radius 1 is 1.19 bits per heavy atom. The molecule has 3 heterocycles. The Morgan fingerprint density at radius 3 is 2.81 bits per heavy atom.